The number of benzene rings is 2. The SMILES string of the molecule is O=C(COc1ccc([N+](=O)[O-])c(F)c1)Nc1ccccc1Cn1cncn1. The van der Waals surface area contributed by atoms with Crippen molar-refractivity contribution in [3.8, 4) is 5.75 Å². The molecule has 138 valence electrons. The number of carbonyl (C=O) groups excluding carboxylic acids is 1. The summed E-state index contributed by atoms with van der Waals surface area (Å²) >= 11 is 0. The van der Waals surface area contributed by atoms with E-state index in [0.717, 1.165) is 17.7 Å². The summed E-state index contributed by atoms with van der Waals surface area (Å²) in [6.07, 6.45) is 2.98. The number of ether oxygens (including phenoxy) is 1. The zero-order valence-electron chi connectivity index (χ0n) is 13.9. The fourth-order valence-electron chi connectivity index (χ4n) is 2.33. The Morgan fingerprint density at radius 1 is 1.30 bits per heavy atom. The van der Waals surface area contributed by atoms with E-state index in [0.29, 0.717) is 12.2 Å². The van der Waals surface area contributed by atoms with Gasteiger partial charge in [0.1, 0.15) is 18.4 Å². The van der Waals surface area contributed by atoms with Gasteiger partial charge < -0.3 is 10.1 Å². The Bertz CT molecular complexity index is 962. The molecule has 0 aliphatic heterocycles. The van der Waals surface area contributed by atoms with Crippen LogP contribution in [0.15, 0.2) is 55.1 Å². The molecule has 0 saturated heterocycles. The highest BCUT2D eigenvalue weighted by molar-refractivity contribution is 5.92. The molecule has 0 bridgehead atoms. The summed E-state index contributed by atoms with van der Waals surface area (Å²) in [4.78, 5) is 25.8. The van der Waals surface area contributed by atoms with Crippen molar-refractivity contribution in [2.45, 2.75) is 6.54 Å². The molecule has 1 amide bonds. The molecular formula is C17H14FN5O4. The lowest BCUT2D eigenvalue weighted by Gasteiger charge is -2.11. The van der Waals surface area contributed by atoms with Crippen LogP contribution in [-0.4, -0.2) is 32.2 Å². The van der Waals surface area contributed by atoms with Crippen LogP contribution in [0.1, 0.15) is 5.56 Å². The highest BCUT2D eigenvalue weighted by Gasteiger charge is 2.15. The molecule has 0 radical (unpaired) electrons. The van der Waals surface area contributed by atoms with Crippen molar-refractivity contribution in [2.75, 3.05) is 11.9 Å². The molecule has 10 heteroatoms. The van der Waals surface area contributed by atoms with Crippen LogP contribution in [0.4, 0.5) is 15.8 Å². The summed E-state index contributed by atoms with van der Waals surface area (Å²) in [5, 5.41) is 17.3. The number of anilines is 1. The number of nitrogens with one attached hydrogen (secondary N) is 1. The molecular weight excluding hydrogens is 357 g/mol. The van der Waals surface area contributed by atoms with Gasteiger partial charge in [0.2, 0.25) is 5.82 Å². The summed E-state index contributed by atoms with van der Waals surface area (Å²) < 4.78 is 20.4. The van der Waals surface area contributed by atoms with E-state index in [1.807, 2.05) is 12.1 Å². The molecule has 3 aromatic rings. The van der Waals surface area contributed by atoms with Crippen molar-refractivity contribution in [1.82, 2.24) is 14.8 Å². The molecule has 0 unspecified atom stereocenters. The maximum Gasteiger partial charge on any atom is 0.305 e. The van der Waals surface area contributed by atoms with Gasteiger partial charge in [-0.15, -0.1) is 0 Å². The number of hydrogen-bond acceptors (Lipinski definition) is 6. The van der Waals surface area contributed by atoms with Gasteiger partial charge in [0.15, 0.2) is 6.61 Å². The third-order valence-electron chi connectivity index (χ3n) is 3.58. The summed E-state index contributed by atoms with van der Waals surface area (Å²) in [5.41, 5.74) is 0.739. The zero-order valence-corrected chi connectivity index (χ0v) is 13.9. The van der Waals surface area contributed by atoms with Crippen molar-refractivity contribution in [2.24, 2.45) is 0 Å². The normalized spacial score (nSPS) is 10.4. The van der Waals surface area contributed by atoms with Crippen LogP contribution < -0.4 is 10.1 Å². The first kappa shape index (κ1) is 18.0. The number of amides is 1. The lowest BCUT2D eigenvalue weighted by atomic mass is 10.2. The van der Waals surface area contributed by atoms with Crippen molar-refractivity contribution in [1.29, 1.82) is 0 Å². The molecule has 0 aliphatic carbocycles. The number of rotatable bonds is 7. The van der Waals surface area contributed by atoms with Gasteiger partial charge in [-0.05, 0) is 17.7 Å². The van der Waals surface area contributed by atoms with E-state index in [1.54, 1.807) is 23.1 Å². The first-order chi connectivity index (χ1) is 13.0. The Labute approximate surface area is 152 Å². The average molecular weight is 371 g/mol. The lowest BCUT2D eigenvalue weighted by molar-refractivity contribution is -0.387. The Kier molecular flexibility index (Phi) is 5.36. The molecule has 1 N–H and O–H groups in total. The molecule has 3 rings (SSSR count). The van der Waals surface area contributed by atoms with Crippen molar-refractivity contribution in [3.05, 3.63) is 76.6 Å². The van der Waals surface area contributed by atoms with Crippen LogP contribution in [-0.2, 0) is 11.3 Å². The number of halogens is 1. The van der Waals surface area contributed by atoms with Gasteiger partial charge >= 0.3 is 5.69 Å². The van der Waals surface area contributed by atoms with Crippen LogP contribution in [0.2, 0.25) is 0 Å². The molecule has 0 spiro atoms. The molecule has 0 atom stereocenters. The number of para-hydroxylation sites is 1. The second-order valence-corrected chi connectivity index (χ2v) is 5.46. The van der Waals surface area contributed by atoms with E-state index >= 15 is 0 Å². The van der Waals surface area contributed by atoms with E-state index in [9.17, 15) is 19.3 Å². The van der Waals surface area contributed by atoms with Gasteiger partial charge in [0.25, 0.3) is 5.91 Å². The summed E-state index contributed by atoms with van der Waals surface area (Å²) in [6, 6.07) is 10.2. The predicted octanol–water partition coefficient (Wildman–Crippen LogP) is 2.39. The van der Waals surface area contributed by atoms with Crippen LogP contribution >= 0.6 is 0 Å². The topological polar surface area (TPSA) is 112 Å². The van der Waals surface area contributed by atoms with Crippen LogP contribution in [0.25, 0.3) is 0 Å². The molecule has 0 saturated carbocycles. The first-order valence-corrected chi connectivity index (χ1v) is 7.80. The fraction of sp³-hybridized carbons (Fsp3) is 0.118. The number of hydrogen-bond donors (Lipinski definition) is 1. The van der Waals surface area contributed by atoms with E-state index in [-0.39, 0.29) is 12.4 Å². The first-order valence-electron chi connectivity index (χ1n) is 7.80. The quantitative estimate of drug-likeness (QED) is 0.504. The van der Waals surface area contributed by atoms with E-state index < -0.39 is 22.3 Å². The van der Waals surface area contributed by atoms with Gasteiger partial charge in [0, 0.05) is 17.8 Å². The van der Waals surface area contributed by atoms with Gasteiger partial charge in [-0.1, -0.05) is 18.2 Å². The number of carbonyl (C=O) groups is 1. The third-order valence-corrected chi connectivity index (χ3v) is 3.58. The third kappa shape index (κ3) is 4.63. The number of nitrogens with zero attached hydrogens (tertiary/aromatic N) is 4. The Morgan fingerprint density at radius 2 is 2.11 bits per heavy atom. The molecule has 0 aliphatic rings. The van der Waals surface area contributed by atoms with Crippen molar-refractivity contribution < 1.29 is 18.8 Å². The van der Waals surface area contributed by atoms with E-state index in [2.05, 4.69) is 15.4 Å². The smallest absolute Gasteiger partial charge is 0.305 e. The minimum atomic E-state index is -1.03. The average Bonchev–Trinajstić information content (AvgIpc) is 3.14. The molecule has 1 aromatic heterocycles. The minimum absolute atomic E-state index is 0.0177. The summed E-state index contributed by atoms with van der Waals surface area (Å²) in [7, 11) is 0. The van der Waals surface area contributed by atoms with Crippen LogP contribution in [0.3, 0.4) is 0 Å². The number of nitro benzene ring substituents is 1. The molecule has 27 heavy (non-hydrogen) atoms. The predicted molar refractivity (Wildman–Crippen MR) is 92.7 cm³/mol. The largest absolute Gasteiger partial charge is 0.484 e. The van der Waals surface area contributed by atoms with E-state index in [1.165, 1.54) is 12.4 Å². The van der Waals surface area contributed by atoms with E-state index in [4.69, 9.17) is 4.74 Å². The second-order valence-electron chi connectivity index (χ2n) is 5.46. The minimum Gasteiger partial charge on any atom is -0.484 e. The van der Waals surface area contributed by atoms with Crippen LogP contribution in [0.5, 0.6) is 5.75 Å². The zero-order chi connectivity index (χ0) is 19.2. The highest BCUT2D eigenvalue weighted by Crippen LogP contribution is 2.22. The number of nitro groups is 1. The molecule has 9 nitrogen and oxygen atoms in total. The molecule has 0 fully saturated rings. The maximum absolute atomic E-state index is 13.6. The standard InChI is InChI=1S/C17H14FN5O4/c18-14-7-13(5-6-16(14)23(25)26)27-9-17(24)21-15-4-2-1-3-12(15)8-22-11-19-10-20-22/h1-7,10-11H,8-9H2,(H,21,24). The van der Waals surface area contributed by atoms with Gasteiger partial charge in [-0.3, -0.25) is 14.9 Å². The maximum atomic E-state index is 13.6. The van der Waals surface area contributed by atoms with Crippen LogP contribution in [0, 0.1) is 15.9 Å². The molecule has 2 aromatic carbocycles. The Balaban J connectivity index is 1.61. The summed E-state index contributed by atoms with van der Waals surface area (Å²) in [5.74, 6) is -1.47. The van der Waals surface area contributed by atoms with Gasteiger partial charge in [-0.2, -0.15) is 9.49 Å². The van der Waals surface area contributed by atoms with Crippen molar-refractivity contribution >= 4 is 17.3 Å². The molecule has 1 heterocycles. The fourth-order valence-corrected chi connectivity index (χ4v) is 2.33. The Hall–Kier alpha value is -3.82. The number of aromatic nitrogens is 3. The monoisotopic (exact) mass is 371 g/mol. The van der Waals surface area contributed by atoms with Crippen molar-refractivity contribution in [3.63, 3.8) is 0 Å². The van der Waals surface area contributed by atoms with Gasteiger partial charge in [-0.25, -0.2) is 9.67 Å². The highest BCUT2D eigenvalue weighted by atomic mass is 19.1. The summed E-state index contributed by atoms with van der Waals surface area (Å²) in [6.45, 7) is 0.0415. The second kappa shape index (κ2) is 8.04. The Morgan fingerprint density at radius 3 is 2.81 bits per heavy atom. The lowest BCUT2D eigenvalue weighted by Crippen LogP contribution is -2.21. The van der Waals surface area contributed by atoms with Gasteiger partial charge in [0.05, 0.1) is 11.5 Å².